The average molecular weight is 284 g/mol. The van der Waals surface area contributed by atoms with Crippen molar-refractivity contribution < 1.29 is 9.18 Å². The lowest BCUT2D eigenvalue weighted by atomic mass is 9.95. The van der Waals surface area contributed by atoms with Crippen molar-refractivity contribution in [1.82, 2.24) is 9.88 Å². The van der Waals surface area contributed by atoms with Gasteiger partial charge in [-0.05, 0) is 42.2 Å². The summed E-state index contributed by atoms with van der Waals surface area (Å²) in [5.74, 6) is 0.0384. The monoisotopic (exact) mass is 284 g/mol. The van der Waals surface area contributed by atoms with E-state index in [1.165, 1.54) is 12.1 Å². The van der Waals surface area contributed by atoms with E-state index in [0.717, 1.165) is 12.0 Å². The summed E-state index contributed by atoms with van der Waals surface area (Å²) in [4.78, 5) is 18.4. The first-order valence-electron chi connectivity index (χ1n) is 7.13. The lowest BCUT2D eigenvalue weighted by Gasteiger charge is -2.27. The largest absolute Gasteiger partial charge is 0.331 e. The van der Waals surface area contributed by atoms with Gasteiger partial charge in [0.05, 0.1) is 6.04 Å². The molecule has 2 heterocycles. The van der Waals surface area contributed by atoms with Crippen LogP contribution >= 0.6 is 0 Å². The molecule has 0 bridgehead atoms. The van der Waals surface area contributed by atoms with E-state index in [2.05, 4.69) is 11.9 Å². The zero-order valence-electron chi connectivity index (χ0n) is 11.9. The molecule has 1 aromatic carbocycles. The fourth-order valence-electron chi connectivity index (χ4n) is 3.03. The van der Waals surface area contributed by atoms with Crippen LogP contribution in [-0.2, 0) is 0 Å². The molecule has 2 atom stereocenters. The van der Waals surface area contributed by atoms with E-state index in [0.29, 0.717) is 18.0 Å². The van der Waals surface area contributed by atoms with E-state index in [9.17, 15) is 9.18 Å². The van der Waals surface area contributed by atoms with Crippen molar-refractivity contribution in [3.05, 3.63) is 65.7 Å². The van der Waals surface area contributed by atoms with Crippen LogP contribution in [0.15, 0.2) is 48.8 Å². The third-order valence-electron chi connectivity index (χ3n) is 4.08. The molecule has 108 valence electrons. The summed E-state index contributed by atoms with van der Waals surface area (Å²) in [5, 5.41) is 0. The number of carbonyl (C=O) groups is 1. The molecule has 1 saturated heterocycles. The maximum absolute atomic E-state index is 13.5. The summed E-state index contributed by atoms with van der Waals surface area (Å²) in [6, 6.07) is 9.91. The number of pyridine rings is 1. The van der Waals surface area contributed by atoms with Gasteiger partial charge in [-0.2, -0.15) is 0 Å². The number of nitrogens with zero attached hydrogens (tertiary/aromatic N) is 2. The van der Waals surface area contributed by atoms with E-state index in [1.54, 1.807) is 30.6 Å². The van der Waals surface area contributed by atoms with Gasteiger partial charge in [0.2, 0.25) is 0 Å². The lowest BCUT2D eigenvalue weighted by Crippen LogP contribution is -2.31. The molecule has 3 rings (SSSR count). The number of benzene rings is 1. The Hall–Kier alpha value is -2.23. The first-order valence-corrected chi connectivity index (χ1v) is 7.13. The fourth-order valence-corrected chi connectivity index (χ4v) is 3.03. The van der Waals surface area contributed by atoms with Crippen LogP contribution in [0, 0.1) is 11.7 Å². The number of amides is 1. The van der Waals surface area contributed by atoms with E-state index in [1.807, 2.05) is 11.0 Å². The Morgan fingerprint density at radius 3 is 2.76 bits per heavy atom. The molecule has 0 saturated carbocycles. The molecule has 1 aromatic heterocycles. The standard InChI is InChI=1S/C17H17FN2O/c1-12-7-10-20(17(21)13-5-8-19-9-6-13)16(12)14-3-2-4-15(18)11-14/h2-6,8-9,11-12,16H,7,10H2,1H3. The molecule has 1 fully saturated rings. The Labute approximate surface area is 123 Å². The van der Waals surface area contributed by atoms with Crippen LogP contribution in [0.2, 0.25) is 0 Å². The average Bonchev–Trinajstić information content (AvgIpc) is 2.89. The van der Waals surface area contributed by atoms with Gasteiger partial charge in [0.15, 0.2) is 0 Å². The van der Waals surface area contributed by atoms with Gasteiger partial charge in [0.1, 0.15) is 5.82 Å². The number of halogens is 1. The second-order valence-electron chi connectivity index (χ2n) is 5.50. The molecule has 1 amide bonds. The van der Waals surface area contributed by atoms with Crippen LogP contribution in [0.3, 0.4) is 0 Å². The van der Waals surface area contributed by atoms with Crippen LogP contribution in [0.5, 0.6) is 0 Å². The second-order valence-corrected chi connectivity index (χ2v) is 5.50. The van der Waals surface area contributed by atoms with Crippen LogP contribution in [0.4, 0.5) is 4.39 Å². The van der Waals surface area contributed by atoms with Crippen LogP contribution in [-0.4, -0.2) is 22.3 Å². The molecule has 2 unspecified atom stereocenters. The van der Waals surface area contributed by atoms with Crippen molar-refractivity contribution in [3.8, 4) is 0 Å². The normalized spacial score (nSPS) is 21.5. The van der Waals surface area contributed by atoms with Gasteiger partial charge in [-0.25, -0.2) is 4.39 Å². The highest BCUT2D eigenvalue weighted by molar-refractivity contribution is 5.94. The predicted octanol–water partition coefficient (Wildman–Crippen LogP) is 3.44. The first-order chi connectivity index (χ1) is 10.2. The fraction of sp³-hybridized carbons (Fsp3) is 0.294. The summed E-state index contributed by atoms with van der Waals surface area (Å²) < 4.78 is 13.5. The molecule has 21 heavy (non-hydrogen) atoms. The van der Waals surface area contributed by atoms with Gasteiger partial charge in [0, 0.05) is 24.5 Å². The molecular formula is C17H17FN2O. The number of hydrogen-bond acceptors (Lipinski definition) is 2. The zero-order valence-corrected chi connectivity index (χ0v) is 11.9. The van der Waals surface area contributed by atoms with Crippen LogP contribution < -0.4 is 0 Å². The Kier molecular flexibility index (Phi) is 3.69. The van der Waals surface area contributed by atoms with Gasteiger partial charge in [0.25, 0.3) is 5.91 Å². The van der Waals surface area contributed by atoms with Gasteiger partial charge < -0.3 is 4.90 Å². The molecule has 4 heteroatoms. The minimum Gasteiger partial charge on any atom is -0.331 e. The molecule has 0 N–H and O–H groups in total. The highest BCUT2D eigenvalue weighted by Gasteiger charge is 2.35. The van der Waals surface area contributed by atoms with Gasteiger partial charge in [-0.1, -0.05) is 19.1 Å². The third kappa shape index (κ3) is 2.66. The highest BCUT2D eigenvalue weighted by atomic mass is 19.1. The van der Waals surface area contributed by atoms with E-state index in [4.69, 9.17) is 0 Å². The molecule has 0 spiro atoms. The Morgan fingerprint density at radius 2 is 2.05 bits per heavy atom. The lowest BCUT2D eigenvalue weighted by molar-refractivity contribution is 0.0720. The quantitative estimate of drug-likeness (QED) is 0.846. The smallest absolute Gasteiger partial charge is 0.254 e. The van der Waals surface area contributed by atoms with Crippen molar-refractivity contribution in [3.63, 3.8) is 0 Å². The van der Waals surface area contributed by atoms with Crippen molar-refractivity contribution in [1.29, 1.82) is 0 Å². The van der Waals surface area contributed by atoms with Gasteiger partial charge in [-0.15, -0.1) is 0 Å². The molecule has 2 aromatic rings. The summed E-state index contributed by atoms with van der Waals surface area (Å²) in [6.45, 7) is 2.80. The van der Waals surface area contributed by atoms with Gasteiger partial charge >= 0.3 is 0 Å². The molecule has 0 aliphatic carbocycles. The van der Waals surface area contributed by atoms with Crippen molar-refractivity contribution >= 4 is 5.91 Å². The summed E-state index contributed by atoms with van der Waals surface area (Å²) >= 11 is 0. The van der Waals surface area contributed by atoms with Crippen molar-refractivity contribution in [2.45, 2.75) is 19.4 Å². The number of hydrogen-bond donors (Lipinski definition) is 0. The summed E-state index contributed by atoms with van der Waals surface area (Å²) in [6.07, 6.45) is 4.16. The van der Waals surface area contributed by atoms with Crippen LogP contribution in [0.25, 0.3) is 0 Å². The molecule has 3 nitrogen and oxygen atoms in total. The van der Waals surface area contributed by atoms with E-state index >= 15 is 0 Å². The maximum atomic E-state index is 13.5. The number of rotatable bonds is 2. The summed E-state index contributed by atoms with van der Waals surface area (Å²) in [7, 11) is 0. The number of carbonyl (C=O) groups excluding carboxylic acids is 1. The zero-order chi connectivity index (χ0) is 14.8. The first kappa shape index (κ1) is 13.7. The number of aromatic nitrogens is 1. The van der Waals surface area contributed by atoms with E-state index < -0.39 is 0 Å². The highest BCUT2D eigenvalue weighted by Crippen LogP contribution is 2.37. The van der Waals surface area contributed by atoms with Crippen molar-refractivity contribution in [2.24, 2.45) is 5.92 Å². The summed E-state index contributed by atoms with van der Waals surface area (Å²) in [5.41, 5.74) is 1.49. The topological polar surface area (TPSA) is 33.2 Å². The Morgan fingerprint density at radius 1 is 1.29 bits per heavy atom. The minimum atomic E-state index is -0.261. The Balaban J connectivity index is 1.93. The SMILES string of the molecule is CC1CCN(C(=O)c2ccncc2)C1c1cccc(F)c1. The molecule has 0 radical (unpaired) electrons. The van der Waals surface area contributed by atoms with Gasteiger partial charge in [-0.3, -0.25) is 9.78 Å². The second kappa shape index (κ2) is 5.64. The minimum absolute atomic E-state index is 0.0176. The number of likely N-dealkylation sites (tertiary alicyclic amines) is 1. The van der Waals surface area contributed by atoms with Crippen molar-refractivity contribution in [2.75, 3.05) is 6.54 Å². The van der Waals surface area contributed by atoms with E-state index in [-0.39, 0.29) is 17.8 Å². The predicted molar refractivity (Wildman–Crippen MR) is 78.2 cm³/mol. The molecule has 1 aliphatic heterocycles. The molecule has 1 aliphatic rings. The Bertz CT molecular complexity index is 644. The van der Waals surface area contributed by atoms with Crippen LogP contribution in [0.1, 0.15) is 35.3 Å². The third-order valence-corrected chi connectivity index (χ3v) is 4.08. The molecular weight excluding hydrogens is 267 g/mol. The maximum Gasteiger partial charge on any atom is 0.254 e.